The first-order valence-corrected chi connectivity index (χ1v) is 4.41. The lowest BCUT2D eigenvalue weighted by atomic mass is 10.2. The highest BCUT2D eigenvalue weighted by atomic mass is 79.9. The average molecular weight is 236 g/mol. The van der Waals surface area contributed by atoms with Crippen LogP contribution >= 0.6 is 27.5 Å². The van der Waals surface area contributed by atoms with Gasteiger partial charge in [0.15, 0.2) is 5.78 Å². The molecule has 0 aliphatic carbocycles. The van der Waals surface area contributed by atoms with Gasteiger partial charge in [0.05, 0.1) is 10.4 Å². The molecular weight excluding hydrogens is 227 g/mol. The van der Waals surface area contributed by atoms with Crippen molar-refractivity contribution >= 4 is 33.3 Å². The molecule has 0 saturated heterocycles. The van der Waals surface area contributed by atoms with Crippen LogP contribution in [0.3, 0.4) is 0 Å². The lowest BCUT2D eigenvalue weighted by Gasteiger charge is -1.97. The van der Waals surface area contributed by atoms with Crippen LogP contribution in [0.2, 0.25) is 0 Å². The molecule has 0 atom stereocenters. The normalized spacial score (nSPS) is 11.8. The number of rotatable bonds is 4. The second-order valence-corrected chi connectivity index (χ2v) is 2.69. The van der Waals surface area contributed by atoms with Gasteiger partial charge in [-0.25, -0.2) is 0 Å². The first kappa shape index (κ1) is 10.7. The maximum Gasteiger partial charge on any atom is 0.174 e. The standard InChI is InChI=1S/C8H8BrClO/c1-3-6(7(10)4-2)8(11)5-9/h3-4H,1-2,5H2/b7-6-. The molecule has 0 aromatic carbocycles. The van der Waals surface area contributed by atoms with Gasteiger partial charge in [-0.1, -0.05) is 52.8 Å². The molecule has 1 nitrogen and oxygen atoms in total. The Kier molecular flexibility index (Phi) is 5.16. The molecule has 0 aliphatic heterocycles. The smallest absolute Gasteiger partial charge is 0.174 e. The van der Waals surface area contributed by atoms with E-state index in [0.717, 1.165) is 0 Å². The Hall–Kier alpha value is -0.340. The van der Waals surface area contributed by atoms with Crippen LogP contribution in [0.25, 0.3) is 0 Å². The zero-order chi connectivity index (χ0) is 8.85. The molecule has 0 rings (SSSR count). The fraction of sp³-hybridized carbons (Fsp3) is 0.125. The van der Waals surface area contributed by atoms with Crippen LogP contribution in [0.15, 0.2) is 35.9 Å². The molecule has 0 spiro atoms. The Morgan fingerprint density at radius 3 is 2.27 bits per heavy atom. The largest absolute Gasteiger partial charge is 0.293 e. The van der Waals surface area contributed by atoms with Gasteiger partial charge in [-0.2, -0.15) is 0 Å². The van der Waals surface area contributed by atoms with Crippen LogP contribution in [0.1, 0.15) is 0 Å². The Labute approximate surface area is 79.6 Å². The van der Waals surface area contributed by atoms with Crippen LogP contribution in [-0.2, 0) is 4.79 Å². The van der Waals surface area contributed by atoms with Gasteiger partial charge >= 0.3 is 0 Å². The number of carbonyl (C=O) groups excluding carboxylic acids is 1. The fourth-order valence-electron chi connectivity index (χ4n) is 0.526. The van der Waals surface area contributed by atoms with Gasteiger partial charge in [0.1, 0.15) is 0 Å². The van der Waals surface area contributed by atoms with Crippen LogP contribution in [0.5, 0.6) is 0 Å². The zero-order valence-corrected chi connectivity index (χ0v) is 8.28. The summed E-state index contributed by atoms with van der Waals surface area (Å²) in [6.07, 6.45) is 2.84. The molecule has 11 heavy (non-hydrogen) atoms. The van der Waals surface area contributed by atoms with Crippen LogP contribution < -0.4 is 0 Å². The van der Waals surface area contributed by atoms with Gasteiger partial charge in [0.25, 0.3) is 0 Å². The molecule has 0 unspecified atom stereocenters. The number of alkyl halides is 1. The van der Waals surface area contributed by atoms with Crippen molar-refractivity contribution in [2.24, 2.45) is 0 Å². The number of Topliss-reactive ketones (excluding diaryl/α,β-unsaturated/α-hetero) is 1. The average Bonchev–Trinajstić information content (AvgIpc) is 2.05. The van der Waals surface area contributed by atoms with Crippen molar-refractivity contribution in [2.45, 2.75) is 0 Å². The Morgan fingerprint density at radius 2 is 2.00 bits per heavy atom. The van der Waals surface area contributed by atoms with Crippen molar-refractivity contribution < 1.29 is 4.79 Å². The highest BCUT2D eigenvalue weighted by Gasteiger charge is 2.06. The van der Waals surface area contributed by atoms with Crippen molar-refractivity contribution in [3.8, 4) is 0 Å². The minimum absolute atomic E-state index is 0.0927. The van der Waals surface area contributed by atoms with Crippen molar-refractivity contribution in [3.63, 3.8) is 0 Å². The van der Waals surface area contributed by atoms with Gasteiger partial charge in [-0.3, -0.25) is 4.79 Å². The van der Waals surface area contributed by atoms with E-state index in [2.05, 4.69) is 29.1 Å². The molecular formula is C8H8BrClO. The predicted molar refractivity (Wildman–Crippen MR) is 52.1 cm³/mol. The summed E-state index contributed by atoms with van der Waals surface area (Å²) in [5, 5.41) is 0.586. The molecule has 3 heteroatoms. The van der Waals surface area contributed by atoms with E-state index in [9.17, 15) is 4.79 Å². The number of hydrogen-bond donors (Lipinski definition) is 0. The maximum atomic E-state index is 11.0. The highest BCUT2D eigenvalue weighted by molar-refractivity contribution is 9.09. The summed E-state index contributed by atoms with van der Waals surface area (Å²) in [6.45, 7) is 6.91. The second-order valence-electron chi connectivity index (χ2n) is 1.73. The van der Waals surface area contributed by atoms with Gasteiger partial charge < -0.3 is 0 Å². The molecule has 0 bridgehead atoms. The van der Waals surface area contributed by atoms with E-state index in [0.29, 0.717) is 10.6 Å². The fourth-order valence-corrected chi connectivity index (χ4v) is 1.01. The van der Waals surface area contributed by atoms with E-state index in [1.54, 1.807) is 0 Å². The number of halogens is 2. The van der Waals surface area contributed by atoms with Crippen LogP contribution in [0.4, 0.5) is 0 Å². The van der Waals surface area contributed by atoms with Crippen LogP contribution in [0, 0.1) is 0 Å². The lowest BCUT2D eigenvalue weighted by Crippen LogP contribution is -2.02. The van der Waals surface area contributed by atoms with E-state index in [-0.39, 0.29) is 11.1 Å². The molecule has 0 aromatic heterocycles. The van der Waals surface area contributed by atoms with Gasteiger partial charge in [0.2, 0.25) is 0 Å². The Balaban J connectivity index is 4.78. The Bertz CT molecular complexity index is 218. The summed E-state index contributed by atoms with van der Waals surface area (Å²) in [6, 6.07) is 0. The van der Waals surface area contributed by atoms with E-state index >= 15 is 0 Å². The topological polar surface area (TPSA) is 17.1 Å². The summed E-state index contributed by atoms with van der Waals surface area (Å²) < 4.78 is 0. The van der Waals surface area contributed by atoms with E-state index < -0.39 is 0 Å². The monoisotopic (exact) mass is 234 g/mol. The number of carbonyl (C=O) groups is 1. The molecule has 0 heterocycles. The summed E-state index contributed by atoms with van der Waals surface area (Å²) in [5.74, 6) is -0.0927. The van der Waals surface area contributed by atoms with Crippen molar-refractivity contribution in [2.75, 3.05) is 5.33 Å². The van der Waals surface area contributed by atoms with Crippen molar-refractivity contribution in [1.29, 1.82) is 0 Å². The number of hydrogen-bond acceptors (Lipinski definition) is 1. The molecule has 0 aromatic rings. The minimum Gasteiger partial charge on any atom is -0.293 e. The summed E-state index contributed by atoms with van der Waals surface area (Å²) >= 11 is 8.68. The van der Waals surface area contributed by atoms with Crippen molar-refractivity contribution in [3.05, 3.63) is 35.9 Å². The summed E-state index contributed by atoms with van der Waals surface area (Å²) in [4.78, 5) is 11.0. The van der Waals surface area contributed by atoms with Gasteiger partial charge in [0, 0.05) is 5.57 Å². The van der Waals surface area contributed by atoms with Crippen LogP contribution in [-0.4, -0.2) is 11.1 Å². The molecule has 0 saturated carbocycles. The molecule has 0 N–H and O–H groups in total. The third kappa shape index (κ3) is 3.04. The van der Waals surface area contributed by atoms with Gasteiger partial charge in [-0.15, -0.1) is 0 Å². The van der Waals surface area contributed by atoms with Gasteiger partial charge in [-0.05, 0) is 0 Å². The first-order valence-electron chi connectivity index (χ1n) is 2.91. The molecule has 60 valence electrons. The predicted octanol–water partition coefficient (Wildman–Crippen LogP) is 2.82. The van der Waals surface area contributed by atoms with E-state index in [4.69, 9.17) is 11.6 Å². The molecule has 0 aliphatic rings. The SMILES string of the molecule is C=C/C(Cl)=C(\C=C)C(=O)CBr. The van der Waals surface area contributed by atoms with Crippen molar-refractivity contribution in [1.82, 2.24) is 0 Å². The molecule has 0 radical (unpaired) electrons. The highest BCUT2D eigenvalue weighted by Crippen LogP contribution is 2.13. The second kappa shape index (κ2) is 5.33. The quantitative estimate of drug-likeness (QED) is 0.416. The Morgan fingerprint density at radius 1 is 1.45 bits per heavy atom. The van der Waals surface area contributed by atoms with E-state index in [1.165, 1.54) is 12.2 Å². The first-order chi connectivity index (χ1) is 5.17. The summed E-state index contributed by atoms with van der Waals surface area (Å²) in [5.41, 5.74) is 0.401. The number of ketones is 1. The molecule has 0 amide bonds. The summed E-state index contributed by atoms with van der Waals surface area (Å²) in [7, 11) is 0. The number of allylic oxidation sites excluding steroid dienone is 4. The third-order valence-electron chi connectivity index (χ3n) is 1.06. The molecule has 0 fully saturated rings. The minimum atomic E-state index is -0.0927. The lowest BCUT2D eigenvalue weighted by molar-refractivity contribution is -0.112. The van der Waals surface area contributed by atoms with E-state index in [1.807, 2.05) is 0 Å². The maximum absolute atomic E-state index is 11.0. The zero-order valence-electron chi connectivity index (χ0n) is 5.94. The third-order valence-corrected chi connectivity index (χ3v) is 1.93.